The van der Waals surface area contributed by atoms with Crippen molar-refractivity contribution in [3.8, 4) is 0 Å². The van der Waals surface area contributed by atoms with E-state index in [1.54, 1.807) is 18.2 Å². The third-order valence-corrected chi connectivity index (χ3v) is 7.73. The molecule has 0 spiro atoms. The summed E-state index contributed by atoms with van der Waals surface area (Å²) < 4.78 is 33.9. The molecule has 192 valence electrons. The van der Waals surface area contributed by atoms with E-state index in [4.69, 9.17) is 0 Å². The van der Waals surface area contributed by atoms with Crippen LogP contribution in [0.25, 0.3) is 0 Å². The van der Waals surface area contributed by atoms with Gasteiger partial charge in [0.15, 0.2) is 0 Å². The second-order valence-electron chi connectivity index (χ2n) is 9.88. The molecule has 0 aromatic heterocycles. The quantitative estimate of drug-likeness (QED) is 0.0995. The Morgan fingerprint density at radius 1 is 0.559 bits per heavy atom. The number of unbranched alkanes of at least 4 members (excludes halogenated alkanes) is 20. The van der Waals surface area contributed by atoms with E-state index >= 15 is 0 Å². The van der Waals surface area contributed by atoms with E-state index in [1.165, 1.54) is 128 Å². The van der Waals surface area contributed by atoms with Gasteiger partial charge in [-0.05, 0) is 24.5 Å². The molecule has 0 radical (unpaired) electrons. The monoisotopic (exact) mass is 502 g/mol. The van der Waals surface area contributed by atoms with Gasteiger partial charge >= 0.3 is 29.6 Å². The molecule has 0 unspecified atom stereocenters. The van der Waals surface area contributed by atoms with Crippen LogP contribution in [0, 0.1) is 0 Å². The molecule has 5 heteroatoms. The van der Waals surface area contributed by atoms with Gasteiger partial charge in [0.05, 0.1) is 4.90 Å². The van der Waals surface area contributed by atoms with Crippen LogP contribution in [0.4, 0.5) is 0 Å². The summed E-state index contributed by atoms with van der Waals surface area (Å²) in [5.74, 6) is 0. The second-order valence-corrected chi connectivity index (χ2v) is 11.2. The van der Waals surface area contributed by atoms with E-state index in [1.807, 2.05) is 0 Å². The van der Waals surface area contributed by atoms with Crippen molar-refractivity contribution >= 4 is 10.1 Å². The number of rotatable bonds is 23. The van der Waals surface area contributed by atoms with E-state index < -0.39 is 10.1 Å². The first-order valence-corrected chi connectivity index (χ1v) is 15.5. The summed E-state index contributed by atoms with van der Waals surface area (Å²) >= 11 is 0. The van der Waals surface area contributed by atoms with Crippen LogP contribution in [-0.4, -0.2) is 13.0 Å². The fraction of sp³-hybridized carbons (Fsp3) is 0.793. The van der Waals surface area contributed by atoms with Gasteiger partial charge in [-0.2, -0.15) is 0 Å². The summed E-state index contributed by atoms with van der Waals surface area (Å²) in [5, 5.41) is 0. The van der Waals surface area contributed by atoms with Gasteiger partial charge in [0.2, 0.25) is 0 Å². The molecule has 0 saturated heterocycles. The molecule has 1 aromatic carbocycles. The Kier molecular flexibility index (Phi) is 23.6. The zero-order valence-electron chi connectivity index (χ0n) is 22.5. The Balaban J connectivity index is 0.0000109. The molecule has 0 aliphatic rings. The van der Waals surface area contributed by atoms with Gasteiger partial charge in [-0.15, -0.1) is 0 Å². The maximum atomic E-state index is 11.3. The topological polar surface area (TPSA) is 57.2 Å². The normalized spacial score (nSPS) is 11.5. The minimum atomic E-state index is -4.36. The Bertz CT molecular complexity index is 676. The second kappa shape index (κ2) is 23.5. The van der Waals surface area contributed by atoms with Gasteiger partial charge in [-0.3, -0.25) is 0 Å². The van der Waals surface area contributed by atoms with E-state index in [0.717, 1.165) is 12.8 Å². The third-order valence-electron chi connectivity index (χ3n) is 6.79. The smallest absolute Gasteiger partial charge is 0.744 e. The van der Waals surface area contributed by atoms with Crippen LogP contribution in [-0.2, 0) is 16.5 Å². The summed E-state index contributed by atoms with van der Waals surface area (Å²) in [6.45, 7) is 2.28. The van der Waals surface area contributed by atoms with Crippen molar-refractivity contribution in [2.24, 2.45) is 0 Å². The predicted octanol–water partition coefficient (Wildman–Crippen LogP) is 6.35. The number of benzene rings is 1. The average molecular weight is 503 g/mol. The molecule has 0 aliphatic heterocycles. The van der Waals surface area contributed by atoms with Crippen molar-refractivity contribution in [1.29, 1.82) is 0 Å². The van der Waals surface area contributed by atoms with Gasteiger partial charge in [-0.1, -0.05) is 154 Å². The first-order valence-electron chi connectivity index (χ1n) is 14.1. The fourth-order valence-electron chi connectivity index (χ4n) is 4.70. The molecule has 0 N–H and O–H groups in total. The molecule has 0 fully saturated rings. The van der Waals surface area contributed by atoms with Crippen molar-refractivity contribution in [2.45, 2.75) is 153 Å². The number of hydrogen-bond donors (Lipinski definition) is 0. The van der Waals surface area contributed by atoms with Crippen molar-refractivity contribution < 1.29 is 42.5 Å². The zero-order chi connectivity index (χ0) is 24.0. The molecular weight excluding hydrogens is 451 g/mol. The van der Waals surface area contributed by atoms with E-state index in [9.17, 15) is 13.0 Å². The molecule has 3 nitrogen and oxygen atoms in total. The van der Waals surface area contributed by atoms with Crippen molar-refractivity contribution in [3.63, 3.8) is 0 Å². The maximum Gasteiger partial charge on any atom is 1.00 e. The van der Waals surface area contributed by atoms with Crippen molar-refractivity contribution in [3.05, 3.63) is 29.8 Å². The maximum absolute atomic E-state index is 11.3. The first kappa shape index (κ1) is 34.1. The molecule has 34 heavy (non-hydrogen) atoms. The minimum Gasteiger partial charge on any atom is -0.744 e. The molecule has 0 bridgehead atoms. The standard InChI is InChI=1S/C29H52O3S.Na/c1-2-3-4-5-6-7-8-9-10-11-12-13-14-15-16-17-18-19-20-21-22-25-28-26-23-24-27-29(28)33(30,31)32;/h23-24,26-27H,2-22,25H2,1H3,(H,30,31,32);/q;+1/p-1. The Morgan fingerprint density at radius 2 is 0.882 bits per heavy atom. The van der Waals surface area contributed by atoms with Crippen LogP contribution in [0.2, 0.25) is 0 Å². The summed E-state index contributed by atoms with van der Waals surface area (Å²) in [7, 11) is -4.36. The molecule has 0 amide bonds. The van der Waals surface area contributed by atoms with Crippen LogP contribution in [0.5, 0.6) is 0 Å². The SMILES string of the molecule is CCCCCCCCCCCCCCCCCCCCCCCc1ccccc1S(=O)(=O)[O-].[Na+]. The number of aryl methyl sites for hydroxylation is 1. The molecular formula is C29H51NaO3S. The van der Waals surface area contributed by atoms with Gasteiger partial charge in [0.25, 0.3) is 0 Å². The van der Waals surface area contributed by atoms with Gasteiger partial charge in [0.1, 0.15) is 10.1 Å². The minimum absolute atomic E-state index is 0. The molecule has 0 aliphatic carbocycles. The zero-order valence-corrected chi connectivity index (χ0v) is 25.3. The van der Waals surface area contributed by atoms with Crippen LogP contribution >= 0.6 is 0 Å². The summed E-state index contributed by atoms with van der Waals surface area (Å²) in [6, 6.07) is 6.61. The van der Waals surface area contributed by atoms with Gasteiger partial charge in [-0.25, -0.2) is 8.42 Å². The fourth-order valence-corrected chi connectivity index (χ4v) is 5.44. The molecule has 1 rings (SSSR count). The molecule has 0 atom stereocenters. The third kappa shape index (κ3) is 19.3. The Labute approximate surface area is 234 Å². The molecule has 1 aromatic rings. The van der Waals surface area contributed by atoms with Gasteiger partial charge < -0.3 is 4.55 Å². The molecule has 0 saturated carbocycles. The van der Waals surface area contributed by atoms with Crippen molar-refractivity contribution in [1.82, 2.24) is 0 Å². The Hall–Kier alpha value is 0.130. The predicted molar refractivity (Wildman–Crippen MR) is 141 cm³/mol. The van der Waals surface area contributed by atoms with Crippen LogP contribution < -0.4 is 29.6 Å². The van der Waals surface area contributed by atoms with Crippen molar-refractivity contribution in [2.75, 3.05) is 0 Å². The Morgan fingerprint density at radius 3 is 1.24 bits per heavy atom. The summed E-state index contributed by atoms with van der Waals surface area (Å²) in [5.41, 5.74) is 0.672. The van der Waals surface area contributed by atoms with Gasteiger partial charge in [0, 0.05) is 0 Å². The average Bonchev–Trinajstić information content (AvgIpc) is 2.79. The largest absolute Gasteiger partial charge is 1.00 e. The van der Waals surface area contributed by atoms with Crippen LogP contribution in [0.1, 0.15) is 147 Å². The summed E-state index contributed by atoms with van der Waals surface area (Å²) in [4.78, 5) is -0.0434. The van der Waals surface area contributed by atoms with Crippen LogP contribution in [0.15, 0.2) is 29.2 Å². The van der Waals surface area contributed by atoms with E-state index in [-0.39, 0.29) is 34.5 Å². The molecule has 0 heterocycles. The summed E-state index contributed by atoms with van der Waals surface area (Å²) in [6.07, 6.45) is 29.1. The van der Waals surface area contributed by atoms with Crippen LogP contribution in [0.3, 0.4) is 0 Å². The van der Waals surface area contributed by atoms with E-state index in [2.05, 4.69) is 6.92 Å². The number of hydrogen-bond acceptors (Lipinski definition) is 3. The first-order chi connectivity index (χ1) is 16.1. The van der Waals surface area contributed by atoms with E-state index in [0.29, 0.717) is 12.0 Å².